The Morgan fingerprint density at radius 1 is 1.40 bits per heavy atom. The Balaban J connectivity index is 4.02. The molecule has 0 rings (SSSR count). The maximum Gasteiger partial charge on any atom is 0.407 e. The van der Waals surface area contributed by atoms with Crippen LogP contribution in [0.1, 0.15) is 41.0 Å². The molecule has 0 aromatic heterocycles. The smallest absolute Gasteiger partial charge is 0.407 e. The Morgan fingerprint density at radius 3 is 2.27 bits per heavy atom. The van der Waals surface area contributed by atoms with Gasteiger partial charge in [0.1, 0.15) is 5.60 Å². The SMILES string of the molecule is CC(C)C[C@H](CO)NC(=O)OC(C)(C)C. The van der Waals surface area contributed by atoms with Gasteiger partial charge in [0.2, 0.25) is 0 Å². The van der Waals surface area contributed by atoms with Gasteiger partial charge in [0.25, 0.3) is 0 Å². The Kier molecular flexibility index (Phi) is 5.65. The van der Waals surface area contributed by atoms with Gasteiger partial charge in [-0.15, -0.1) is 0 Å². The number of carbonyl (C=O) groups is 1. The van der Waals surface area contributed by atoms with Crippen LogP contribution in [0.25, 0.3) is 0 Å². The minimum atomic E-state index is -0.498. The topological polar surface area (TPSA) is 58.6 Å². The quantitative estimate of drug-likeness (QED) is 0.756. The zero-order valence-corrected chi connectivity index (χ0v) is 10.3. The highest BCUT2D eigenvalue weighted by Crippen LogP contribution is 2.08. The van der Waals surface area contributed by atoms with Crippen molar-refractivity contribution >= 4 is 6.09 Å². The van der Waals surface area contributed by atoms with Crippen molar-refractivity contribution in [3.63, 3.8) is 0 Å². The first-order chi connectivity index (χ1) is 6.74. The summed E-state index contributed by atoms with van der Waals surface area (Å²) in [5.74, 6) is 0.428. The van der Waals surface area contributed by atoms with Gasteiger partial charge in [0.05, 0.1) is 12.6 Å². The van der Waals surface area contributed by atoms with E-state index < -0.39 is 11.7 Å². The van der Waals surface area contributed by atoms with Gasteiger partial charge in [0, 0.05) is 0 Å². The van der Waals surface area contributed by atoms with Crippen molar-refractivity contribution in [3.05, 3.63) is 0 Å². The number of aliphatic hydroxyl groups is 1. The first-order valence-corrected chi connectivity index (χ1v) is 5.35. The molecule has 90 valence electrons. The highest BCUT2D eigenvalue weighted by atomic mass is 16.6. The van der Waals surface area contributed by atoms with E-state index in [2.05, 4.69) is 5.32 Å². The summed E-state index contributed by atoms with van der Waals surface area (Å²) in [6, 6.07) is -0.222. The van der Waals surface area contributed by atoms with E-state index in [1.807, 2.05) is 34.6 Å². The molecule has 4 nitrogen and oxygen atoms in total. The third-order valence-electron chi connectivity index (χ3n) is 1.70. The Labute approximate surface area is 92.0 Å². The maximum absolute atomic E-state index is 11.4. The van der Waals surface area contributed by atoms with Crippen LogP contribution in [0, 0.1) is 5.92 Å². The molecule has 0 saturated carbocycles. The molecular formula is C11H23NO3. The standard InChI is InChI=1S/C11H23NO3/c1-8(2)6-9(7-13)12-10(14)15-11(3,4)5/h8-9,13H,6-7H2,1-5H3,(H,12,14)/t9-/m1/s1. The lowest BCUT2D eigenvalue weighted by Gasteiger charge is -2.23. The monoisotopic (exact) mass is 217 g/mol. The lowest BCUT2D eigenvalue weighted by Crippen LogP contribution is -2.41. The molecule has 0 bridgehead atoms. The van der Waals surface area contributed by atoms with Crippen molar-refractivity contribution in [1.82, 2.24) is 5.32 Å². The Hall–Kier alpha value is -0.770. The van der Waals surface area contributed by atoms with Crippen molar-refractivity contribution in [2.45, 2.75) is 52.7 Å². The molecule has 4 heteroatoms. The lowest BCUT2D eigenvalue weighted by molar-refractivity contribution is 0.0474. The number of hydrogen-bond donors (Lipinski definition) is 2. The molecule has 0 aliphatic heterocycles. The van der Waals surface area contributed by atoms with Crippen molar-refractivity contribution in [2.24, 2.45) is 5.92 Å². The van der Waals surface area contributed by atoms with Crippen LogP contribution in [0.5, 0.6) is 0 Å². The Morgan fingerprint density at radius 2 is 1.93 bits per heavy atom. The minimum Gasteiger partial charge on any atom is -0.444 e. The first kappa shape index (κ1) is 14.2. The van der Waals surface area contributed by atoms with E-state index in [0.29, 0.717) is 5.92 Å². The van der Waals surface area contributed by atoms with Gasteiger partial charge in [-0.25, -0.2) is 4.79 Å². The molecule has 0 saturated heterocycles. The zero-order chi connectivity index (χ0) is 12.1. The predicted octanol–water partition coefficient (Wildman–Crippen LogP) is 1.92. The molecule has 1 amide bonds. The van der Waals surface area contributed by atoms with E-state index in [0.717, 1.165) is 6.42 Å². The largest absolute Gasteiger partial charge is 0.444 e. The number of hydrogen-bond acceptors (Lipinski definition) is 3. The second-order valence-corrected chi connectivity index (χ2v) is 5.16. The molecule has 15 heavy (non-hydrogen) atoms. The third kappa shape index (κ3) is 8.24. The number of rotatable bonds is 4. The van der Waals surface area contributed by atoms with Crippen LogP contribution in [0.4, 0.5) is 4.79 Å². The summed E-state index contributed by atoms with van der Waals surface area (Å²) < 4.78 is 5.09. The van der Waals surface area contributed by atoms with E-state index in [9.17, 15) is 4.79 Å². The molecule has 2 N–H and O–H groups in total. The van der Waals surface area contributed by atoms with Gasteiger partial charge < -0.3 is 15.2 Å². The predicted molar refractivity (Wildman–Crippen MR) is 59.7 cm³/mol. The minimum absolute atomic E-state index is 0.0581. The number of ether oxygens (including phenoxy) is 1. The Bertz CT molecular complexity index is 196. The molecule has 0 unspecified atom stereocenters. The average molecular weight is 217 g/mol. The molecule has 0 aromatic rings. The molecule has 0 aliphatic rings. The second-order valence-electron chi connectivity index (χ2n) is 5.16. The fourth-order valence-corrected chi connectivity index (χ4v) is 1.22. The van der Waals surface area contributed by atoms with Crippen LogP contribution >= 0.6 is 0 Å². The van der Waals surface area contributed by atoms with E-state index in [4.69, 9.17) is 9.84 Å². The summed E-state index contributed by atoms with van der Waals surface area (Å²) in [6.45, 7) is 9.45. The van der Waals surface area contributed by atoms with Crippen LogP contribution in [-0.2, 0) is 4.74 Å². The van der Waals surface area contributed by atoms with Gasteiger partial charge in [-0.1, -0.05) is 13.8 Å². The molecule has 0 heterocycles. The van der Waals surface area contributed by atoms with Crippen molar-refractivity contribution in [3.8, 4) is 0 Å². The van der Waals surface area contributed by atoms with Crippen LogP contribution in [0.2, 0.25) is 0 Å². The summed E-state index contributed by atoms with van der Waals surface area (Å²) in [5, 5.41) is 11.7. The number of alkyl carbamates (subject to hydrolysis) is 1. The van der Waals surface area contributed by atoms with E-state index in [1.165, 1.54) is 0 Å². The summed E-state index contributed by atoms with van der Waals surface area (Å²) in [6.07, 6.45) is 0.276. The molecule has 0 spiro atoms. The van der Waals surface area contributed by atoms with Gasteiger partial charge >= 0.3 is 6.09 Å². The van der Waals surface area contributed by atoms with Gasteiger partial charge in [-0.2, -0.15) is 0 Å². The number of aliphatic hydroxyl groups excluding tert-OH is 1. The zero-order valence-electron chi connectivity index (χ0n) is 10.3. The average Bonchev–Trinajstić information content (AvgIpc) is 1.98. The second kappa shape index (κ2) is 5.95. The highest BCUT2D eigenvalue weighted by Gasteiger charge is 2.19. The van der Waals surface area contributed by atoms with Gasteiger partial charge in [0.15, 0.2) is 0 Å². The highest BCUT2D eigenvalue weighted by molar-refractivity contribution is 5.68. The third-order valence-corrected chi connectivity index (χ3v) is 1.70. The van der Waals surface area contributed by atoms with Crippen LogP contribution in [0.15, 0.2) is 0 Å². The number of carbonyl (C=O) groups excluding carboxylic acids is 1. The fraction of sp³-hybridized carbons (Fsp3) is 0.909. The van der Waals surface area contributed by atoms with Crippen molar-refractivity contribution in [1.29, 1.82) is 0 Å². The van der Waals surface area contributed by atoms with Crippen LogP contribution < -0.4 is 5.32 Å². The van der Waals surface area contributed by atoms with Gasteiger partial charge in [-0.05, 0) is 33.1 Å². The number of nitrogens with one attached hydrogen (secondary N) is 1. The summed E-state index contributed by atoms with van der Waals surface area (Å²) in [7, 11) is 0. The first-order valence-electron chi connectivity index (χ1n) is 5.35. The summed E-state index contributed by atoms with van der Waals surface area (Å²) >= 11 is 0. The van der Waals surface area contributed by atoms with Crippen LogP contribution in [-0.4, -0.2) is 29.4 Å². The maximum atomic E-state index is 11.4. The molecule has 0 fully saturated rings. The summed E-state index contributed by atoms with van der Waals surface area (Å²) in [5.41, 5.74) is -0.498. The van der Waals surface area contributed by atoms with E-state index >= 15 is 0 Å². The lowest BCUT2D eigenvalue weighted by atomic mass is 10.0. The molecule has 0 aliphatic carbocycles. The molecule has 1 atom stereocenters. The number of amides is 1. The van der Waals surface area contributed by atoms with Gasteiger partial charge in [-0.3, -0.25) is 0 Å². The van der Waals surface area contributed by atoms with E-state index in [1.54, 1.807) is 0 Å². The van der Waals surface area contributed by atoms with E-state index in [-0.39, 0.29) is 12.6 Å². The van der Waals surface area contributed by atoms with Crippen molar-refractivity contribution in [2.75, 3.05) is 6.61 Å². The molecule has 0 aromatic carbocycles. The summed E-state index contributed by atoms with van der Waals surface area (Å²) in [4.78, 5) is 11.4. The van der Waals surface area contributed by atoms with Crippen molar-refractivity contribution < 1.29 is 14.6 Å². The fourth-order valence-electron chi connectivity index (χ4n) is 1.22. The van der Waals surface area contributed by atoms with Crippen LogP contribution in [0.3, 0.4) is 0 Å². The molecule has 0 radical (unpaired) electrons. The molecular weight excluding hydrogens is 194 g/mol. The normalized spacial score (nSPS) is 13.8.